The molecule has 1 aliphatic heterocycles. The first-order chi connectivity index (χ1) is 19.8. The SMILES string of the molecule is CCOC(=O)N1c2ccc(C)nc2[C@H](N(Cc2cc(C(F)(F)F)cc(C(F)(F)F)c2)c2nnn(CCN)n2)C[C@H]1CC. The molecular weight excluding hydrogens is 570 g/mol. The highest BCUT2D eigenvalue weighted by atomic mass is 19.4. The van der Waals surface area contributed by atoms with Crippen molar-refractivity contribution in [3.63, 3.8) is 0 Å². The van der Waals surface area contributed by atoms with Crippen molar-refractivity contribution in [1.82, 2.24) is 25.2 Å². The summed E-state index contributed by atoms with van der Waals surface area (Å²) in [6.07, 6.45) is -9.97. The van der Waals surface area contributed by atoms with Gasteiger partial charge in [-0.1, -0.05) is 12.0 Å². The molecule has 4 rings (SSSR count). The third kappa shape index (κ3) is 6.58. The molecule has 1 aromatic carbocycles. The van der Waals surface area contributed by atoms with E-state index in [0.29, 0.717) is 35.6 Å². The molecular formula is C26H30F6N8O2. The Morgan fingerprint density at radius 1 is 1.10 bits per heavy atom. The second kappa shape index (κ2) is 12.1. The number of aromatic nitrogens is 5. The van der Waals surface area contributed by atoms with Gasteiger partial charge in [0, 0.05) is 24.8 Å². The summed E-state index contributed by atoms with van der Waals surface area (Å²) < 4.78 is 87.3. The lowest BCUT2D eigenvalue weighted by atomic mass is 9.91. The predicted molar refractivity (Wildman–Crippen MR) is 139 cm³/mol. The Kier molecular flexibility index (Phi) is 8.94. The Morgan fingerprint density at radius 2 is 1.76 bits per heavy atom. The molecule has 0 saturated heterocycles. The average molecular weight is 601 g/mol. The van der Waals surface area contributed by atoms with Crippen molar-refractivity contribution in [1.29, 1.82) is 0 Å². The van der Waals surface area contributed by atoms with Crippen LogP contribution in [0.4, 0.5) is 42.8 Å². The molecule has 16 heteroatoms. The second-order valence-electron chi connectivity index (χ2n) is 9.76. The van der Waals surface area contributed by atoms with Gasteiger partial charge in [-0.2, -0.15) is 31.1 Å². The highest BCUT2D eigenvalue weighted by molar-refractivity contribution is 5.90. The van der Waals surface area contributed by atoms with Gasteiger partial charge >= 0.3 is 18.4 Å². The number of hydrogen-bond donors (Lipinski definition) is 1. The minimum atomic E-state index is -5.02. The van der Waals surface area contributed by atoms with Crippen molar-refractivity contribution in [2.24, 2.45) is 5.73 Å². The molecule has 1 aliphatic rings. The van der Waals surface area contributed by atoms with Gasteiger partial charge < -0.3 is 15.4 Å². The number of pyridine rings is 1. The van der Waals surface area contributed by atoms with Crippen molar-refractivity contribution in [2.75, 3.05) is 23.0 Å². The summed E-state index contributed by atoms with van der Waals surface area (Å²) in [7, 11) is 0. The lowest BCUT2D eigenvalue weighted by Crippen LogP contribution is -2.48. The Labute approximate surface area is 237 Å². The van der Waals surface area contributed by atoms with Crippen LogP contribution < -0.4 is 15.5 Å². The molecule has 2 N–H and O–H groups in total. The zero-order valence-electron chi connectivity index (χ0n) is 23.1. The van der Waals surface area contributed by atoms with Gasteiger partial charge in [0.1, 0.15) is 0 Å². The lowest BCUT2D eigenvalue weighted by molar-refractivity contribution is -0.143. The Morgan fingerprint density at radius 3 is 2.33 bits per heavy atom. The molecule has 0 spiro atoms. The predicted octanol–water partition coefficient (Wildman–Crippen LogP) is 5.27. The molecule has 0 radical (unpaired) electrons. The summed E-state index contributed by atoms with van der Waals surface area (Å²) in [4.78, 5) is 21.8. The van der Waals surface area contributed by atoms with Crippen LogP contribution in [0.2, 0.25) is 0 Å². The number of nitrogens with two attached hydrogens (primary N) is 1. The fourth-order valence-corrected chi connectivity index (χ4v) is 4.94. The molecule has 228 valence electrons. The van der Waals surface area contributed by atoms with Crippen LogP contribution in [0.5, 0.6) is 0 Å². The van der Waals surface area contributed by atoms with E-state index in [9.17, 15) is 31.1 Å². The highest BCUT2D eigenvalue weighted by Crippen LogP contribution is 2.43. The van der Waals surface area contributed by atoms with E-state index in [1.165, 1.54) is 14.6 Å². The third-order valence-corrected chi connectivity index (χ3v) is 6.82. The first-order valence-electron chi connectivity index (χ1n) is 13.2. The van der Waals surface area contributed by atoms with Crippen LogP contribution in [0.1, 0.15) is 60.8 Å². The Hall–Kier alpha value is -3.95. The van der Waals surface area contributed by atoms with Crippen LogP contribution in [0.15, 0.2) is 30.3 Å². The van der Waals surface area contributed by atoms with E-state index in [4.69, 9.17) is 10.5 Å². The molecule has 0 bridgehead atoms. The molecule has 3 heterocycles. The van der Waals surface area contributed by atoms with Gasteiger partial charge in [-0.3, -0.25) is 9.88 Å². The van der Waals surface area contributed by atoms with Gasteiger partial charge in [0.05, 0.1) is 41.7 Å². The molecule has 1 amide bonds. The fraction of sp³-hybridized carbons (Fsp3) is 0.500. The standard InChI is InChI=1S/C26H30F6N8O2/c1-4-19-13-21(22-20(7-6-15(3)34-22)40(19)24(41)42-5-2)38(23-35-37-39(36-23)9-8-33)14-16-10-17(25(27,28)29)12-18(11-16)26(30,31)32/h6-7,10-12,19,21H,4-5,8-9,13-14,33H2,1-3H3/t19-,21-/m1/s1. The number of alkyl halides is 6. The van der Waals surface area contributed by atoms with Crippen LogP contribution in [0, 0.1) is 6.92 Å². The maximum Gasteiger partial charge on any atom is 0.416 e. The van der Waals surface area contributed by atoms with Gasteiger partial charge in [0.15, 0.2) is 0 Å². The number of benzene rings is 1. The van der Waals surface area contributed by atoms with Crippen LogP contribution in [0.3, 0.4) is 0 Å². The summed E-state index contributed by atoms with van der Waals surface area (Å²) in [6.45, 7) is 5.26. The minimum absolute atomic E-state index is 0.0480. The van der Waals surface area contributed by atoms with Crippen LogP contribution in [0.25, 0.3) is 0 Å². The molecule has 0 saturated carbocycles. The fourth-order valence-electron chi connectivity index (χ4n) is 4.94. The largest absolute Gasteiger partial charge is 0.449 e. The smallest absolute Gasteiger partial charge is 0.416 e. The van der Waals surface area contributed by atoms with E-state index in [0.717, 1.165) is 0 Å². The Bertz CT molecular complexity index is 1380. The number of carbonyl (C=O) groups is 1. The number of anilines is 2. The topological polar surface area (TPSA) is 115 Å². The summed E-state index contributed by atoms with van der Waals surface area (Å²) in [6, 6.07) is 3.60. The lowest BCUT2D eigenvalue weighted by Gasteiger charge is -2.43. The van der Waals surface area contributed by atoms with Crippen LogP contribution in [-0.2, 0) is 30.2 Å². The van der Waals surface area contributed by atoms with Gasteiger partial charge in [-0.15, -0.1) is 5.10 Å². The van der Waals surface area contributed by atoms with Crippen molar-refractivity contribution in [3.8, 4) is 0 Å². The van der Waals surface area contributed by atoms with E-state index in [1.54, 1.807) is 26.0 Å². The molecule has 0 fully saturated rings. The number of aryl methyl sites for hydroxylation is 1. The number of rotatable bonds is 8. The average Bonchev–Trinajstić information content (AvgIpc) is 3.38. The first kappa shape index (κ1) is 31.0. The third-order valence-electron chi connectivity index (χ3n) is 6.82. The van der Waals surface area contributed by atoms with Gasteiger partial charge in [-0.05, 0) is 67.8 Å². The zero-order chi connectivity index (χ0) is 30.8. The minimum Gasteiger partial charge on any atom is -0.449 e. The summed E-state index contributed by atoms with van der Waals surface area (Å²) in [5, 5.41) is 12.3. The monoisotopic (exact) mass is 600 g/mol. The van der Waals surface area contributed by atoms with Crippen LogP contribution in [-0.4, -0.2) is 50.5 Å². The maximum atomic E-state index is 13.7. The van der Waals surface area contributed by atoms with E-state index < -0.39 is 48.2 Å². The van der Waals surface area contributed by atoms with Crippen molar-refractivity contribution in [3.05, 3.63) is 58.4 Å². The quantitative estimate of drug-likeness (QED) is 0.348. The maximum absolute atomic E-state index is 13.7. The number of tetrazole rings is 1. The molecule has 0 aliphatic carbocycles. The molecule has 2 aromatic heterocycles. The van der Waals surface area contributed by atoms with Crippen molar-refractivity contribution >= 4 is 17.7 Å². The normalized spacial score (nSPS) is 17.2. The molecule has 10 nitrogen and oxygen atoms in total. The van der Waals surface area contributed by atoms with Gasteiger partial charge in [0.25, 0.3) is 5.95 Å². The molecule has 42 heavy (non-hydrogen) atoms. The number of hydrogen-bond acceptors (Lipinski definition) is 8. The van der Waals surface area contributed by atoms with Crippen molar-refractivity contribution < 1.29 is 35.9 Å². The molecule has 2 atom stereocenters. The van der Waals surface area contributed by atoms with E-state index in [1.807, 2.05) is 6.92 Å². The second-order valence-corrected chi connectivity index (χ2v) is 9.76. The van der Waals surface area contributed by atoms with Gasteiger partial charge in [-0.25, -0.2) is 4.79 Å². The summed E-state index contributed by atoms with van der Waals surface area (Å²) in [5.74, 6) is -0.0480. The molecule has 0 unspecified atom stereocenters. The number of nitrogens with zero attached hydrogens (tertiary/aromatic N) is 7. The zero-order valence-corrected chi connectivity index (χ0v) is 23.1. The van der Waals surface area contributed by atoms with Crippen LogP contribution >= 0.6 is 0 Å². The number of halogens is 6. The summed E-state index contributed by atoms with van der Waals surface area (Å²) >= 11 is 0. The number of fused-ring (bicyclic) bond motifs is 1. The molecule has 3 aromatic rings. The number of carbonyl (C=O) groups excluding carboxylic acids is 1. The van der Waals surface area contributed by atoms with E-state index in [2.05, 4.69) is 20.4 Å². The van der Waals surface area contributed by atoms with Gasteiger partial charge in [0.2, 0.25) is 0 Å². The van der Waals surface area contributed by atoms with E-state index >= 15 is 0 Å². The van der Waals surface area contributed by atoms with Crippen molar-refractivity contribution in [2.45, 2.75) is 71.1 Å². The first-order valence-corrected chi connectivity index (χ1v) is 13.2. The summed E-state index contributed by atoms with van der Waals surface area (Å²) in [5.41, 5.74) is 3.79. The van der Waals surface area contributed by atoms with E-state index in [-0.39, 0.29) is 43.7 Å². The Balaban J connectivity index is 1.89. The number of ether oxygens (including phenoxy) is 1. The highest BCUT2D eigenvalue weighted by Gasteiger charge is 2.42. The number of amides is 1.